The number of hydrogen-bond acceptors (Lipinski definition) is 0. The van der Waals surface area contributed by atoms with Crippen LogP contribution in [-0.2, 0) is 0 Å². The van der Waals surface area contributed by atoms with Gasteiger partial charge in [-0.3, -0.25) is 0 Å². The number of halogens is 3. The molecule has 0 unspecified atom stereocenters. The minimum Gasteiger partial charge on any atom is -0.159 e. The summed E-state index contributed by atoms with van der Waals surface area (Å²) in [6.07, 6.45) is 0.123. The van der Waals surface area contributed by atoms with Gasteiger partial charge < -0.3 is 0 Å². The standard InChI is InChI=1S/C7HF3/c1-2-3-4-5-6-7(8,9)10/h1H. The lowest BCUT2D eigenvalue weighted by atomic mass is 10.5. The van der Waals surface area contributed by atoms with Crippen LogP contribution < -0.4 is 0 Å². The lowest BCUT2D eigenvalue weighted by molar-refractivity contribution is -0.0696. The summed E-state index contributed by atoms with van der Waals surface area (Å²) in [7, 11) is 0. The van der Waals surface area contributed by atoms with Gasteiger partial charge in [0.25, 0.3) is 0 Å². The van der Waals surface area contributed by atoms with E-state index in [1.165, 1.54) is 0 Å². The van der Waals surface area contributed by atoms with Crippen molar-refractivity contribution in [2.24, 2.45) is 0 Å². The first kappa shape index (κ1) is 8.47. The number of hydrogen-bond donors (Lipinski definition) is 0. The first-order chi connectivity index (χ1) is 4.56. The molecule has 0 aromatic carbocycles. The molecular formula is C7HF3. The molecule has 0 N–H and O–H groups in total. The van der Waals surface area contributed by atoms with Crippen LogP contribution in [0.25, 0.3) is 0 Å². The lowest BCUT2D eigenvalue weighted by Gasteiger charge is -1.88. The third kappa shape index (κ3) is 6.47. The van der Waals surface area contributed by atoms with Gasteiger partial charge in [-0.15, -0.1) is 6.42 Å². The fourth-order valence-electron chi connectivity index (χ4n) is 0.169. The predicted molar refractivity (Wildman–Crippen MR) is 30.4 cm³/mol. The third-order valence-electron chi connectivity index (χ3n) is 0.401. The highest BCUT2D eigenvalue weighted by Crippen LogP contribution is 2.11. The van der Waals surface area contributed by atoms with Crippen molar-refractivity contribution < 1.29 is 13.2 Å². The maximum Gasteiger partial charge on any atom is 0.458 e. The van der Waals surface area contributed by atoms with Crippen molar-refractivity contribution in [2.75, 3.05) is 0 Å². The molecule has 0 aliphatic rings. The molecule has 0 fully saturated rings. The van der Waals surface area contributed by atoms with Gasteiger partial charge in [-0.25, -0.2) is 0 Å². The number of rotatable bonds is 0. The van der Waals surface area contributed by atoms with Crippen LogP contribution >= 0.6 is 0 Å². The summed E-state index contributed by atoms with van der Waals surface area (Å²) in [5.41, 5.74) is 0. The van der Waals surface area contributed by atoms with E-state index >= 15 is 0 Å². The molecule has 10 heavy (non-hydrogen) atoms. The molecule has 3 heteroatoms. The van der Waals surface area contributed by atoms with Crippen molar-refractivity contribution in [3.63, 3.8) is 0 Å². The van der Waals surface area contributed by atoms with Crippen LogP contribution in [0.5, 0.6) is 0 Å². The fourth-order valence-corrected chi connectivity index (χ4v) is 0.169. The molecule has 0 aromatic rings. The Morgan fingerprint density at radius 1 is 1.00 bits per heavy atom. The predicted octanol–water partition coefficient (Wildman–Crippen LogP) is 1.19. The van der Waals surface area contributed by atoms with Gasteiger partial charge in [-0.05, 0) is 23.7 Å². The summed E-state index contributed by atoms with van der Waals surface area (Å²) in [6.45, 7) is 0. The first-order valence-corrected chi connectivity index (χ1v) is 2.11. The minimum absolute atomic E-state index is 0.937. The Balaban J connectivity index is 4.10. The summed E-state index contributed by atoms with van der Waals surface area (Å²) in [4.78, 5) is 0. The Labute approximate surface area is 56.4 Å². The SMILES string of the molecule is C#CC#CC#CC(F)(F)F. The van der Waals surface area contributed by atoms with E-state index in [1.54, 1.807) is 5.92 Å². The van der Waals surface area contributed by atoms with Gasteiger partial charge in [0.2, 0.25) is 0 Å². The largest absolute Gasteiger partial charge is 0.458 e. The summed E-state index contributed by atoms with van der Waals surface area (Å²) in [5.74, 6) is 8.06. The van der Waals surface area contributed by atoms with E-state index in [0.29, 0.717) is 0 Å². The van der Waals surface area contributed by atoms with E-state index in [1.807, 2.05) is 17.8 Å². The summed E-state index contributed by atoms with van der Waals surface area (Å²) < 4.78 is 33.6. The van der Waals surface area contributed by atoms with Crippen LogP contribution in [-0.4, -0.2) is 6.18 Å². The van der Waals surface area contributed by atoms with Crippen LogP contribution in [0.4, 0.5) is 13.2 Å². The molecule has 0 aliphatic heterocycles. The molecule has 0 amide bonds. The van der Waals surface area contributed by atoms with Gasteiger partial charge >= 0.3 is 6.18 Å². The molecule has 0 spiro atoms. The van der Waals surface area contributed by atoms with Crippen LogP contribution in [0.15, 0.2) is 0 Å². The molecule has 0 nitrogen and oxygen atoms in total. The number of terminal acetylenes is 1. The van der Waals surface area contributed by atoms with Gasteiger partial charge in [-0.2, -0.15) is 13.2 Å². The zero-order valence-electron chi connectivity index (χ0n) is 4.71. The summed E-state index contributed by atoms with van der Waals surface area (Å²) >= 11 is 0. The van der Waals surface area contributed by atoms with Crippen LogP contribution in [0.3, 0.4) is 0 Å². The van der Waals surface area contributed by atoms with E-state index in [0.717, 1.165) is 5.92 Å². The Morgan fingerprint density at radius 3 is 2.00 bits per heavy atom. The lowest BCUT2D eigenvalue weighted by Crippen LogP contribution is -2.00. The molecular weight excluding hydrogens is 141 g/mol. The zero-order valence-corrected chi connectivity index (χ0v) is 4.71. The maximum absolute atomic E-state index is 11.2. The molecule has 0 radical (unpaired) electrons. The van der Waals surface area contributed by atoms with Crippen molar-refractivity contribution in [3.8, 4) is 36.0 Å². The topological polar surface area (TPSA) is 0 Å². The highest BCUT2D eigenvalue weighted by Gasteiger charge is 2.22. The van der Waals surface area contributed by atoms with Crippen molar-refractivity contribution in [3.05, 3.63) is 0 Å². The highest BCUT2D eigenvalue weighted by atomic mass is 19.4. The molecule has 0 rings (SSSR count). The monoisotopic (exact) mass is 142 g/mol. The second kappa shape index (κ2) is 3.49. The van der Waals surface area contributed by atoms with Crippen molar-refractivity contribution >= 4 is 0 Å². The van der Waals surface area contributed by atoms with Gasteiger partial charge in [0.1, 0.15) is 0 Å². The first-order valence-electron chi connectivity index (χ1n) is 2.11. The van der Waals surface area contributed by atoms with E-state index in [2.05, 4.69) is 6.42 Å². The maximum atomic E-state index is 11.2. The van der Waals surface area contributed by atoms with Crippen LogP contribution in [0.2, 0.25) is 0 Å². The van der Waals surface area contributed by atoms with Crippen LogP contribution in [0, 0.1) is 36.0 Å². The van der Waals surface area contributed by atoms with E-state index in [-0.39, 0.29) is 0 Å². The van der Waals surface area contributed by atoms with E-state index in [9.17, 15) is 13.2 Å². The Hall–Kier alpha value is -1.53. The van der Waals surface area contributed by atoms with E-state index in [4.69, 9.17) is 0 Å². The van der Waals surface area contributed by atoms with E-state index < -0.39 is 6.18 Å². The molecule has 0 heterocycles. The van der Waals surface area contributed by atoms with Crippen molar-refractivity contribution in [2.45, 2.75) is 6.18 Å². The Kier molecular flexibility index (Phi) is 2.95. The van der Waals surface area contributed by atoms with Gasteiger partial charge in [0.05, 0.1) is 0 Å². The fraction of sp³-hybridized carbons (Fsp3) is 0.143. The normalized spacial score (nSPS) is 7.80. The Bertz CT molecular complexity index is 256. The Morgan fingerprint density at radius 2 is 1.60 bits per heavy atom. The second-order valence-electron chi connectivity index (χ2n) is 1.14. The number of alkyl halides is 3. The molecule has 50 valence electrons. The summed E-state index contributed by atoms with van der Waals surface area (Å²) in [5, 5.41) is 0. The van der Waals surface area contributed by atoms with Gasteiger partial charge in [0.15, 0.2) is 0 Å². The average Bonchev–Trinajstić information content (AvgIpc) is 1.78. The molecule has 0 saturated heterocycles. The van der Waals surface area contributed by atoms with Crippen molar-refractivity contribution in [1.82, 2.24) is 0 Å². The van der Waals surface area contributed by atoms with Crippen LogP contribution in [0.1, 0.15) is 0 Å². The third-order valence-corrected chi connectivity index (χ3v) is 0.401. The summed E-state index contributed by atoms with van der Waals surface area (Å²) in [6, 6.07) is 0. The quantitative estimate of drug-likeness (QED) is 0.445. The van der Waals surface area contributed by atoms with Crippen molar-refractivity contribution in [1.29, 1.82) is 0 Å². The minimum atomic E-state index is -4.48. The molecule has 0 aliphatic carbocycles. The highest BCUT2D eigenvalue weighted by molar-refractivity contribution is 5.34. The molecule has 0 saturated carbocycles. The molecule has 0 aromatic heterocycles. The molecule has 0 bridgehead atoms. The van der Waals surface area contributed by atoms with Gasteiger partial charge in [-0.1, -0.05) is 0 Å². The zero-order chi connectivity index (χ0) is 8.04. The second-order valence-corrected chi connectivity index (χ2v) is 1.14. The molecule has 0 atom stereocenters. The van der Waals surface area contributed by atoms with Gasteiger partial charge in [0, 0.05) is 5.92 Å². The smallest absolute Gasteiger partial charge is 0.159 e. The average molecular weight is 142 g/mol.